The molecule has 0 saturated carbocycles. The summed E-state index contributed by atoms with van der Waals surface area (Å²) in [6, 6.07) is 6.60. The lowest BCUT2D eigenvalue weighted by Crippen LogP contribution is -2.46. The highest BCUT2D eigenvalue weighted by Gasteiger charge is 2.49. The van der Waals surface area contributed by atoms with Crippen LogP contribution in [0.4, 0.5) is 0 Å². The lowest BCUT2D eigenvalue weighted by atomic mass is 10.1. The molecule has 0 aliphatic carbocycles. The van der Waals surface area contributed by atoms with Crippen molar-refractivity contribution < 1.29 is 23.2 Å². The molecule has 3 rings (SSSR count). The lowest BCUT2D eigenvalue weighted by Gasteiger charge is -2.34. The van der Waals surface area contributed by atoms with Gasteiger partial charge in [0.05, 0.1) is 24.3 Å². The predicted molar refractivity (Wildman–Crippen MR) is 97.6 cm³/mol. The zero-order valence-electron chi connectivity index (χ0n) is 14.9. The van der Waals surface area contributed by atoms with Crippen LogP contribution in [0.3, 0.4) is 0 Å². The van der Waals surface area contributed by atoms with E-state index in [-0.39, 0.29) is 13.2 Å². The standard InChI is InChI=1S/C18H21N2O5P/c1-4-24-26(23,25-5-2)15-10-12(3)11-19-16(15)20-17(21)13-8-6-7-9-14(13)18(20)22/h6-11,15-16H,4-5H2,1-3H3. The van der Waals surface area contributed by atoms with Crippen LogP contribution in [0.2, 0.25) is 0 Å². The van der Waals surface area contributed by atoms with Crippen LogP contribution in [0.25, 0.3) is 0 Å². The number of imide groups is 1. The molecule has 138 valence electrons. The van der Waals surface area contributed by atoms with Crippen molar-refractivity contribution in [2.24, 2.45) is 4.99 Å². The van der Waals surface area contributed by atoms with Gasteiger partial charge in [-0.1, -0.05) is 18.2 Å². The van der Waals surface area contributed by atoms with Gasteiger partial charge in [-0.3, -0.25) is 19.1 Å². The molecule has 2 aliphatic rings. The van der Waals surface area contributed by atoms with Crippen LogP contribution >= 0.6 is 7.60 Å². The van der Waals surface area contributed by atoms with E-state index in [2.05, 4.69) is 4.99 Å². The number of nitrogens with zero attached hydrogens (tertiary/aromatic N) is 2. The third kappa shape index (κ3) is 3.07. The maximum absolute atomic E-state index is 13.4. The van der Waals surface area contributed by atoms with Gasteiger partial charge in [0.15, 0.2) is 0 Å². The first-order valence-electron chi connectivity index (χ1n) is 8.50. The van der Waals surface area contributed by atoms with Gasteiger partial charge in [0.1, 0.15) is 11.8 Å². The molecule has 2 amide bonds. The van der Waals surface area contributed by atoms with Gasteiger partial charge in [-0.2, -0.15) is 0 Å². The fourth-order valence-corrected chi connectivity index (χ4v) is 5.27. The zero-order valence-corrected chi connectivity index (χ0v) is 15.8. The molecule has 26 heavy (non-hydrogen) atoms. The highest BCUT2D eigenvalue weighted by atomic mass is 31.2. The van der Waals surface area contributed by atoms with Crippen LogP contribution in [0.15, 0.2) is 40.9 Å². The summed E-state index contributed by atoms with van der Waals surface area (Å²) in [5, 5.41) is 0. The van der Waals surface area contributed by atoms with E-state index in [1.165, 1.54) is 0 Å². The number of hydrogen-bond donors (Lipinski definition) is 0. The molecule has 2 atom stereocenters. The van der Waals surface area contributed by atoms with E-state index in [1.807, 2.05) is 0 Å². The normalized spacial score (nSPS) is 22.6. The topological polar surface area (TPSA) is 85.3 Å². The molecule has 2 heterocycles. The average molecular weight is 376 g/mol. The number of carbonyl (C=O) groups is 2. The Morgan fingerprint density at radius 1 is 1.08 bits per heavy atom. The molecule has 0 N–H and O–H groups in total. The van der Waals surface area contributed by atoms with Gasteiger partial charge in [0.2, 0.25) is 0 Å². The largest absolute Gasteiger partial charge is 0.341 e. The minimum absolute atomic E-state index is 0.180. The number of rotatable bonds is 6. The fourth-order valence-electron chi connectivity index (χ4n) is 3.17. The molecule has 0 bridgehead atoms. The lowest BCUT2D eigenvalue weighted by molar-refractivity contribution is 0.0585. The zero-order chi connectivity index (χ0) is 18.9. The summed E-state index contributed by atoms with van der Waals surface area (Å²) < 4.78 is 24.3. The van der Waals surface area contributed by atoms with Crippen LogP contribution in [0.1, 0.15) is 41.5 Å². The summed E-state index contributed by atoms with van der Waals surface area (Å²) in [5.41, 5.74) is 0.554. The maximum Gasteiger partial charge on any atom is 0.341 e. The third-order valence-corrected chi connectivity index (χ3v) is 6.63. The second-order valence-electron chi connectivity index (χ2n) is 5.99. The molecule has 2 aliphatic heterocycles. The van der Waals surface area contributed by atoms with Crippen molar-refractivity contribution in [3.05, 3.63) is 47.0 Å². The number of carbonyl (C=O) groups excluding carboxylic acids is 2. The summed E-state index contributed by atoms with van der Waals surface area (Å²) >= 11 is 0. The molecule has 8 heteroatoms. The van der Waals surface area contributed by atoms with E-state index in [9.17, 15) is 14.2 Å². The molecule has 0 spiro atoms. The number of aliphatic imine (C=N–C) groups is 1. The first-order valence-corrected chi connectivity index (χ1v) is 10.1. The molecule has 0 saturated heterocycles. The van der Waals surface area contributed by atoms with Crippen LogP contribution in [0.5, 0.6) is 0 Å². The van der Waals surface area contributed by atoms with Gasteiger partial charge in [0, 0.05) is 6.21 Å². The summed E-state index contributed by atoms with van der Waals surface area (Å²) in [7, 11) is -3.63. The molecule has 2 unspecified atom stereocenters. The Morgan fingerprint density at radius 3 is 2.12 bits per heavy atom. The Kier molecular flexibility index (Phi) is 5.23. The van der Waals surface area contributed by atoms with Crippen molar-refractivity contribution in [3.63, 3.8) is 0 Å². The van der Waals surface area contributed by atoms with E-state index >= 15 is 0 Å². The van der Waals surface area contributed by atoms with Gasteiger partial charge in [0.25, 0.3) is 11.8 Å². The summed E-state index contributed by atoms with van der Waals surface area (Å²) in [6.45, 7) is 5.59. The first-order chi connectivity index (χ1) is 12.4. The monoisotopic (exact) mass is 376 g/mol. The smallest absolute Gasteiger partial charge is 0.308 e. The minimum Gasteiger partial charge on any atom is -0.308 e. The van der Waals surface area contributed by atoms with E-state index in [0.717, 1.165) is 10.5 Å². The maximum atomic E-state index is 13.4. The molecule has 0 aromatic heterocycles. The van der Waals surface area contributed by atoms with E-state index < -0.39 is 31.2 Å². The van der Waals surface area contributed by atoms with Crippen LogP contribution < -0.4 is 0 Å². The minimum atomic E-state index is -3.63. The van der Waals surface area contributed by atoms with Crippen molar-refractivity contribution in [3.8, 4) is 0 Å². The number of amides is 2. The van der Waals surface area contributed by atoms with Gasteiger partial charge in [-0.25, -0.2) is 4.90 Å². The number of hydrogen-bond acceptors (Lipinski definition) is 6. The Balaban J connectivity index is 2.03. The molecule has 1 aromatic carbocycles. The second kappa shape index (κ2) is 7.27. The molecule has 1 aromatic rings. The highest BCUT2D eigenvalue weighted by molar-refractivity contribution is 7.55. The average Bonchev–Trinajstić information content (AvgIpc) is 2.87. The van der Waals surface area contributed by atoms with Crippen molar-refractivity contribution in [2.45, 2.75) is 32.6 Å². The number of benzene rings is 1. The summed E-state index contributed by atoms with van der Waals surface area (Å²) in [6.07, 6.45) is 2.29. The van der Waals surface area contributed by atoms with Crippen molar-refractivity contribution in [2.75, 3.05) is 13.2 Å². The summed E-state index contributed by atoms with van der Waals surface area (Å²) in [5.74, 6) is -0.907. The number of dihydropyridines is 1. The van der Waals surface area contributed by atoms with Crippen molar-refractivity contribution in [1.29, 1.82) is 0 Å². The van der Waals surface area contributed by atoms with Crippen LogP contribution in [-0.4, -0.2) is 48.0 Å². The highest BCUT2D eigenvalue weighted by Crippen LogP contribution is 2.56. The van der Waals surface area contributed by atoms with Gasteiger partial charge >= 0.3 is 7.60 Å². The molecule has 0 fully saturated rings. The second-order valence-corrected chi connectivity index (χ2v) is 8.19. The Labute approximate surface area is 152 Å². The van der Waals surface area contributed by atoms with E-state index in [1.54, 1.807) is 57.3 Å². The summed E-state index contributed by atoms with van der Waals surface area (Å²) in [4.78, 5) is 31.0. The quantitative estimate of drug-likeness (QED) is 0.562. The van der Waals surface area contributed by atoms with Crippen LogP contribution in [0, 0.1) is 0 Å². The SMILES string of the molecule is CCOP(=O)(OCC)C1C=C(C)C=NC1N1C(=O)c2ccccc2C1=O. The van der Waals surface area contributed by atoms with Crippen molar-refractivity contribution >= 4 is 25.6 Å². The molecular formula is C18H21N2O5P. The van der Waals surface area contributed by atoms with E-state index in [0.29, 0.717) is 11.1 Å². The molecule has 7 nitrogen and oxygen atoms in total. The fraction of sp³-hybridized carbons (Fsp3) is 0.389. The Bertz CT molecular complexity index is 803. The van der Waals surface area contributed by atoms with Gasteiger partial charge in [-0.05, 0) is 38.5 Å². The predicted octanol–water partition coefficient (Wildman–Crippen LogP) is 3.27. The Morgan fingerprint density at radius 2 is 1.62 bits per heavy atom. The number of fused-ring (bicyclic) bond motifs is 1. The number of allylic oxidation sites excluding steroid dienone is 1. The Hall–Kier alpha value is -2.08. The van der Waals surface area contributed by atoms with Gasteiger partial charge in [-0.15, -0.1) is 0 Å². The van der Waals surface area contributed by atoms with Gasteiger partial charge < -0.3 is 9.05 Å². The third-order valence-electron chi connectivity index (χ3n) is 4.24. The van der Waals surface area contributed by atoms with Crippen LogP contribution in [-0.2, 0) is 13.6 Å². The molecule has 0 radical (unpaired) electrons. The molecular weight excluding hydrogens is 355 g/mol. The first kappa shape index (κ1) is 18.7. The van der Waals surface area contributed by atoms with E-state index in [4.69, 9.17) is 9.05 Å². The van der Waals surface area contributed by atoms with Crippen molar-refractivity contribution in [1.82, 2.24) is 4.90 Å².